The molecular formula is C28H20F3NO7. The summed E-state index contributed by atoms with van der Waals surface area (Å²) in [5.74, 6) is -3.74. The minimum Gasteiger partial charge on any atom is -0.449 e. The topological polar surface area (TPSA) is 109 Å². The first kappa shape index (κ1) is 27.1. The van der Waals surface area contributed by atoms with Gasteiger partial charge in [-0.2, -0.15) is 13.2 Å². The summed E-state index contributed by atoms with van der Waals surface area (Å²) in [6.07, 6.45) is -2.80. The van der Waals surface area contributed by atoms with Crippen LogP contribution >= 0.6 is 0 Å². The SMILES string of the molecule is CC(C)c1ccccc1Oc1c(C(F)(F)F)oc2cc(OC(=O)C=Cc3cccc([N+](=O)[O-])c3)ccc2c1=O. The third kappa shape index (κ3) is 6.15. The number of rotatable bonds is 7. The molecule has 8 nitrogen and oxygen atoms in total. The van der Waals surface area contributed by atoms with Crippen LogP contribution in [0.1, 0.15) is 36.7 Å². The van der Waals surface area contributed by atoms with Crippen LogP contribution in [0.5, 0.6) is 17.2 Å². The average molecular weight is 539 g/mol. The molecule has 0 aliphatic carbocycles. The number of halogens is 3. The number of ether oxygens (including phenoxy) is 2. The van der Waals surface area contributed by atoms with Crippen molar-refractivity contribution in [2.75, 3.05) is 0 Å². The van der Waals surface area contributed by atoms with Gasteiger partial charge in [0.15, 0.2) is 0 Å². The van der Waals surface area contributed by atoms with Crippen molar-refractivity contribution in [1.29, 1.82) is 0 Å². The molecule has 0 radical (unpaired) electrons. The molecule has 0 fully saturated rings. The van der Waals surface area contributed by atoms with Crippen molar-refractivity contribution in [3.05, 3.63) is 110 Å². The van der Waals surface area contributed by atoms with Crippen molar-refractivity contribution in [2.45, 2.75) is 25.9 Å². The lowest BCUT2D eigenvalue weighted by molar-refractivity contribution is -0.384. The van der Waals surface area contributed by atoms with Gasteiger partial charge in [0, 0.05) is 24.3 Å². The molecule has 0 N–H and O–H groups in total. The van der Waals surface area contributed by atoms with Crippen LogP contribution in [0.2, 0.25) is 0 Å². The number of nitro groups is 1. The zero-order valence-electron chi connectivity index (χ0n) is 20.5. The molecule has 1 aromatic heterocycles. The molecule has 3 aromatic carbocycles. The van der Waals surface area contributed by atoms with E-state index in [9.17, 15) is 32.9 Å². The maximum atomic E-state index is 13.9. The number of alkyl halides is 3. The van der Waals surface area contributed by atoms with Crippen molar-refractivity contribution in [3.63, 3.8) is 0 Å². The Morgan fingerprint density at radius 2 is 1.79 bits per heavy atom. The molecule has 0 saturated carbocycles. The summed E-state index contributed by atoms with van der Waals surface area (Å²) in [4.78, 5) is 35.6. The highest BCUT2D eigenvalue weighted by atomic mass is 19.4. The molecule has 0 spiro atoms. The quantitative estimate of drug-likeness (QED) is 0.0800. The van der Waals surface area contributed by atoms with Crippen molar-refractivity contribution < 1.29 is 36.8 Å². The maximum Gasteiger partial charge on any atom is 0.453 e. The molecule has 200 valence electrons. The lowest BCUT2D eigenvalue weighted by Gasteiger charge is -2.16. The molecule has 0 aliphatic heterocycles. The van der Waals surface area contributed by atoms with Crippen molar-refractivity contribution in [3.8, 4) is 17.2 Å². The Bertz CT molecular complexity index is 1660. The monoisotopic (exact) mass is 539 g/mol. The van der Waals surface area contributed by atoms with E-state index in [1.54, 1.807) is 18.2 Å². The lowest BCUT2D eigenvalue weighted by atomic mass is 10.0. The minimum atomic E-state index is -5.07. The van der Waals surface area contributed by atoms with Gasteiger partial charge in [-0.05, 0) is 41.3 Å². The number of carbonyl (C=O) groups is 1. The van der Waals surface area contributed by atoms with Crippen molar-refractivity contribution in [1.82, 2.24) is 0 Å². The van der Waals surface area contributed by atoms with E-state index in [1.807, 2.05) is 13.8 Å². The molecule has 0 unspecified atom stereocenters. The highest BCUT2D eigenvalue weighted by molar-refractivity contribution is 5.89. The number of esters is 1. The first-order valence-electron chi connectivity index (χ1n) is 11.5. The predicted octanol–water partition coefficient (Wildman–Crippen LogP) is 7.25. The maximum absolute atomic E-state index is 13.9. The Balaban J connectivity index is 1.66. The number of para-hydroxylation sites is 1. The minimum absolute atomic E-state index is 0.0886. The molecular weight excluding hydrogens is 519 g/mol. The van der Waals surface area contributed by atoms with Crippen LogP contribution in [0, 0.1) is 10.1 Å². The lowest BCUT2D eigenvalue weighted by Crippen LogP contribution is -2.16. The van der Waals surface area contributed by atoms with Gasteiger partial charge in [-0.15, -0.1) is 0 Å². The largest absolute Gasteiger partial charge is 0.453 e. The van der Waals surface area contributed by atoms with Gasteiger partial charge < -0.3 is 13.9 Å². The second-order valence-electron chi connectivity index (χ2n) is 8.65. The van der Waals surface area contributed by atoms with E-state index in [1.165, 1.54) is 42.5 Å². The fraction of sp³-hybridized carbons (Fsp3) is 0.143. The number of hydrogen-bond donors (Lipinski definition) is 0. The summed E-state index contributed by atoms with van der Waals surface area (Å²) in [5.41, 5.74) is -0.737. The van der Waals surface area contributed by atoms with E-state index in [0.717, 1.165) is 18.2 Å². The van der Waals surface area contributed by atoms with Crippen molar-refractivity contribution >= 4 is 28.7 Å². The van der Waals surface area contributed by atoms with Gasteiger partial charge in [-0.25, -0.2) is 4.79 Å². The standard InChI is InChI=1S/C28H20F3NO7/c1-16(2)20-8-3-4-9-22(20)38-26-25(34)21-12-11-19(15-23(21)39-27(26)28(29,30)31)37-24(33)13-10-17-6-5-7-18(14-17)32(35)36/h3-16H,1-2H3. The van der Waals surface area contributed by atoms with Gasteiger partial charge in [0.1, 0.15) is 17.1 Å². The molecule has 0 aliphatic rings. The van der Waals surface area contributed by atoms with Gasteiger partial charge in [-0.1, -0.05) is 44.2 Å². The third-order valence-corrected chi connectivity index (χ3v) is 5.54. The van der Waals surface area contributed by atoms with E-state index in [2.05, 4.69) is 0 Å². The number of non-ortho nitro benzene ring substituents is 1. The van der Waals surface area contributed by atoms with E-state index >= 15 is 0 Å². The molecule has 11 heteroatoms. The Kier molecular flexibility index (Phi) is 7.52. The second-order valence-corrected chi connectivity index (χ2v) is 8.65. The smallest absolute Gasteiger partial charge is 0.449 e. The zero-order chi connectivity index (χ0) is 28.3. The fourth-order valence-electron chi connectivity index (χ4n) is 3.72. The van der Waals surface area contributed by atoms with Crippen LogP contribution < -0.4 is 14.9 Å². The Hall–Kier alpha value is -4.93. The first-order chi connectivity index (χ1) is 18.4. The molecule has 0 amide bonds. The van der Waals surface area contributed by atoms with Gasteiger partial charge in [0.05, 0.1) is 10.3 Å². The van der Waals surface area contributed by atoms with Crippen LogP contribution in [0.25, 0.3) is 17.0 Å². The molecule has 39 heavy (non-hydrogen) atoms. The summed E-state index contributed by atoms with van der Waals surface area (Å²) in [6.45, 7) is 3.66. The summed E-state index contributed by atoms with van der Waals surface area (Å²) in [6, 6.07) is 15.3. The van der Waals surface area contributed by atoms with Crippen LogP contribution in [0.15, 0.2) is 82.0 Å². The van der Waals surface area contributed by atoms with Crippen LogP contribution in [0.4, 0.5) is 18.9 Å². The zero-order valence-corrected chi connectivity index (χ0v) is 20.5. The van der Waals surface area contributed by atoms with Gasteiger partial charge in [0.25, 0.3) is 11.4 Å². The number of nitro benzene ring substituents is 1. The summed E-state index contributed by atoms with van der Waals surface area (Å²) >= 11 is 0. The van der Waals surface area contributed by atoms with Gasteiger partial charge in [-0.3, -0.25) is 14.9 Å². The molecule has 1 heterocycles. The first-order valence-corrected chi connectivity index (χ1v) is 11.5. The Morgan fingerprint density at radius 3 is 2.49 bits per heavy atom. The Morgan fingerprint density at radius 1 is 1.05 bits per heavy atom. The van der Waals surface area contributed by atoms with E-state index in [-0.39, 0.29) is 28.5 Å². The summed E-state index contributed by atoms with van der Waals surface area (Å²) in [7, 11) is 0. The molecule has 4 rings (SSSR count). The second kappa shape index (κ2) is 10.8. The molecule has 0 saturated heterocycles. The number of fused-ring (bicyclic) bond motifs is 1. The Labute approximate surface area is 219 Å². The van der Waals surface area contributed by atoms with Crippen molar-refractivity contribution in [2.24, 2.45) is 0 Å². The van der Waals surface area contributed by atoms with E-state index in [4.69, 9.17) is 13.9 Å². The van der Waals surface area contributed by atoms with Crippen LogP contribution in [-0.4, -0.2) is 10.9 Å². The average Bonchev–Trinajstić information content (AvgIpc) is 2.88. The number of hydrogen-bond acceptors (Lipinski definition) is 7. The van der Waals surface area contributed by atoms with Gasteiger partial charge >= 0.3 is 12.1 Å². The third-order valence-electron chi connectivity index (χ3n) is 5.54. The number of nitrogens with zero attached hydrogens (tertiary/aromatic N) is 1. The predicted molar refractivity (Wildman–Crippen MR) is 136 cm³/mol. The summed E-state index contributed by atoms with van der Waals surface area (Å²) < 4.78 is 57.5. The van der Waals surface area contributed by atoms with Crippen LogP contribution in [0.3, 0.4) is 0 Å². The normalized spacial score (nSPS) is 11.7. The molecule has 0 atom stereocenters. The highest BCUT2D eigenvalue weighted by Crippen LogP contribution is 2.40. The highest BCUT2D eigenvalue weighted by Gasteiger charge is 2.40. The molecule has 4 aromatic rings. The number of carbonyl (C=O) groups excluding carboxylic acids is 1. The van der Waals surface area contributed by atoms with E-state index in [0.29, 0.717) is 11.1 Å². The fourth-order valence-corrected chi connectivity index (χ4v) is 3.72. The molecule has 0 bridgehead atoms. The summed E-state index contributed by atoms with van der Waals surface area (Å²) in [5, 5.41) is 10.7. The van der Waals surface area contributed by atoms with E-state index < -0.39 is 39.6 Å². The number of benzene rings is 3. The van der Waals surface area contributed by atoms with Crippen LogP contribution in [-0.2, 0) is 11.0 Å². The van der Waals surface area contributed by atoms with Gasteiger partial charge in [0.2, 0.25) is 11.2 Å².